The fraction of sp³-hybridized carbons (Fsp3) is 0.600. The first-order valence-corrected chi connectivity index (χ1v) is 7.35. The zero-order valence-electron chi connectivity index (χ0n) is 9.50. The normalized spacial score (nSPS) is 21.9. The Balaban J connectivity index is 2.22. The zero-order valence-corrected chi connectivity index (χ0v) is 11.1. The minimum absolute atomic E-state index is 0.0290. The number of nitrogens with zero attached hydrogens (tertiary/aromatic N) is 3. The molecule has 1 unspecified atom stereocenters. The molecule has 1 aromatic rings. The van der Waals surface area contributed by atoms with E-state index in [2.05, 4.69) is 17.1 Å². The smallest absolute Gasteiger partial charge is 0.205 e. The van der Waals surface area contributed by atoms with Crippen LogP contribution in [0.15, 0.2) is 17.2 Å². The number of rotatable bonds is 3. The molecule has 0 amide bonds. The van der Waals surface area contributed by atoms with Crippen LogP contribution in [0, 0.1) is 5.92 Å². The minimum Gasteiger partial charge on any atom is -0.205 e. The monoisotopic (exact) mass is 275 g/mol. The van der Waals surface area contributed by atoms with Gasteiger partial charge in [0.2, 0.25) is 0 Å². The molecule has 1 fully saturated rings. The van der Waals surface area contributed by atoms with Crippen molar-refractivity contribution in [3.05, 3.63) is 17.3 Å². The van der Waals surface area contributed by atoms with E-state index >= 15 is 0 Å². The van der Waals surface area contributed by atoms with Crippen molar-refractivity contribution >= 4 is 21.6 Å². The van der Waals surface area contributed by atoms with E-state index in [0.29, 0.717) is 19.0 Å². The Morgan fingerprint density at radius 1 is 1.47 bits per heavy atom. The Morgan fingerprint density at radius 2 is 2.24 bits per heavy atom. The molecule has 7 heteroatoms. The standard InChI is InChI=1S/C10H14ClN3O2S/c1-2-8-5-6-14(7-8)17(15,16)10-4-3-9(11)12-13-10/h3-4,8H,2,5-7H2,1H3. The summed E-state index contributed by atoms with van der Waals surface area (Å²) in [7, 11) is -3.50. The SMILES string of the molecule is CCC1CCN(S(=O)(=O)c2ccc(Cl)nn2)C1. The third-order valence-corrected chi connectivity index (χ3v) is 5.00. The van der Waals surface area contributed by atoms with Gasteiger partial charge in [0.15, 0.2) is 10.2 Å². The van der Waals surface area contributed by atoms with Crippen LogP contribution in [0.3, 0.4) is 0 Å². The van der Waals surface area contributed by atoms with Gasteiger partial charge in [0.1, 0.15) is 0 Å². The Morgan fingerprint density at radius 3 is 2.76 bits per heavy atom. The van der Waals surface area contributed by atoms with Gasteiger partial charge in [0.05, 0.1) is 0 Å². The molecule has 1 saturated heterocycles. The quantitative estimate of drug-likeness (QED) is 0.840. The average molecular weight is 276 g/mol. The summed E-state index contributed by atoms with van der Waals surface area (Å²) >= 11 is 5.59. The first-order valence-electron chi connectivity index (χ1n) is 5.53. The van der Waals surface area contributed by atoms with Crippen molar-refractivity contribution in [2.24, 2.45) is 5.92 Å². The Hall–Kier alpha value is -0.720. The molecule has 1 aliphatic heterocycles. The molecule has 2 rings (SSSR count). The van der Waals surface area contributed by atoms with E-state index in [1.54, 1.807) is 0 Å². The molecule has 1 aromatic heterocycles. The fourth-order valence-corrected chi connectivity index (χ4v) is 3.42. The maximum Gasteiger partial charge on any atom is 0.262 e. The van der Waals surface area contributed by atoms with Crippen molar-refractivity contribution in [3.8, 4) is 0 Å². The molecule has 0 radical (unpaired) electrons. The lowest BCUT2D eigenvalue weighted by Gasteiger charge is -2.15. The maximum atomic E-state index is 12.2. The molecule has 0 bridgehead atoms. The van der Waals surface area contributed by atoms with Crippen LogP contribution < -0.4 is 0 Å². The van der Waals surface area contributed by atoms with Gasteiger partial charge < -0.3 is 0 Å². The van der Waals surface area contributed by atoms with Gasteiger partial charge in [0, 0.05) is 13.1 Å². The van der Waals surface area contributed by atoms with E-state index in [9.17, 15) is 8.42 Å². The second-order valence-electron chi connectivity index (χ2n) is 4.12. The summed E-state index contributed by atoms with van der Waals surface area (Å²) in [6.45, 7) is 3.21. The molecule has 17 heavy (non-hydrogen) atoms. The van der Waals surface area contributed by atoms with Gasteiger partial charge in [-0.1, -0.05) is 24.9 Å². The molecule has 2 heterocycles. The highest BCUT2D eigenvalue weighted by molar-refractivity contribution is 7.89. The highest BCUT2D eigenvalue weighted by atomic mass is 35.5. The summed E-state index contributed by atoms with van der Waals surface area (Å²) in [5.41, 5.74) is 0. The number of hydrogen-bond donors (Lipinski definition) is 0. The second kappa shape index (κ2) is 4.88. The zero-order chi connectivity index (χ0) is 12.5. The van der Waals surface area contributed by atoms with E-state index in [0.717, 1.165) is 12.8 Å². The van der Waals surface area contributed by atoms with Gasteiger partial charge in [-0.25, -0.2) is 8.42 Å². The van der Waals surface area contributed by atoms with Crippen LogP contribution in [-0.2, 0) is 10.0 Å². The predicted octanol–water partition coefficient (Wildman–Crippen LogP) is 1.55. The van der Waals surface area contributed by atoms with E-state index in [1.807, 2.05) is 0 Å². The average Bonchev–Trinajstić information content (AvgIpc) is 2.78. The van der Waals surface area contributed by atoms with Crippen molar-refractivity contribution in [1.82, 2.24) is 14.5 Å². The molecule has 0 spiro atoms. The van der Waals surface area contributed by atoms with Crippen LogP contribution >= 0.6 is 11.6 Å². The Bertz CT molecular complexity index is 489. The van der Waals surface area contributed by atoms with E-state index in [4.69, 9.17) is 11.6 Å². The van der Waals surface area contributed by atoms with Crippen molar-refractivity contribution in [3.63, 3.8) is 0 Å². The van der Waals surface area contributed by atoms with Crippen LogP contribution in [0.1, 0.15) is 19.8 Å². The molecule has 0 aliphatic carbocycles. The van der Waals surface area contributed by atoms with Crippen LogP contribution in [0.4, 0.5) is 0 Å². The van der Waals surface area contributed by atoms with Crippen LogP contribution in [-0.4, -0.2) is 36.0 Å². The Labute approximate surface area is 106 Å². The lowest BCUT2D eigenvalue weighted by molar-refractivity contribution is 0.449. The second-order valence-corrected chi connectivity index (χ2v) is 6.39. The largest absolute Gasteiger partial charge is 0.262 e. The lowest BCUT2D eigenvalue weighted by atomic mass is 10.1. The molecule has 0 aromatic carbocycles. The van der Waals surface area contributed by atoms with Crippen molar-refractivity contribution in [1.29, 1.82) is 0 Å². The molecular formula is C10H14ClN3O2S. The lowest BCUT2D eigenvalue weighted by Crippen LogP contribution is -2.29. The fourth-order valence-electron chi connectivity index (χ4n) is 1.92. The third-order valence-electron chi connectivity index (χ3n) is 3.04. The number of hydrogen-bond acceptors (Lipinski definition) is 4. The summed E-state index contributed by atoms with van der Waals surface area (Å²) in [5, 5.41) is 7.36. The predicted molar refractivity (Wildman–Crippen MR) is 64.2 cm³/mol. The first-order chi connectivity index (χ1) is 8.04. The molecule has 5 nitrogen and oxygen atoms in total. The maximum absolute atomic E-state index is 12.2. The summed E-state index contributed by atoms with van der Waals surface area (Å²) < 4.78 is 25.8. The van der Waals surface area contributed by atoms with E-state index in [-0.39, 0.29) is 10.2 Å². The number of sulfonamides is 1. The van der Waals surface area contributed by atoms with Gasteiger partial charge in [-0.2, -0.15) is 4.31 Å². The van der Waals surface area contributed by atoms with Gasteiger partial charge in [-0.3, -0.25) is 0 Å². The molecule has 94 valence electrons. The van der Waals surface area contributed by atoms with E-state index in [1.165, 1.54) is 16.4 Å². The van der Waals surface area contributed by atoms with E-state index < -0.39 is 10.0 Å². The number of aromatic nitrogens is 2. The van der Waals surface area contributed by atoms with Gasteiger partial charge in [-0.15, -0.1) is 10.2 Å². The molecular weight excluding hydrogens is 262 g/mol. The van der Waals surface area contributed by atoms with Gasteiger partial charge in [0.25, 0.3) is 10.0 Å². The third kappa shape index (κ3) is 2.59. The first kappa shape index (κ1) is 12.7. The highest BCUT2D eigenvalue weighted by Crippen LogP contribution is 2.24. The summed E-state index contributed by atoms with van der Waals surface area (Å²) in [5.74, 6) is 0.449. The summed E-state index contributed by atoms with van der Waals surface area (Å²) in [6, 6.07) is 2.83. The molecule has 1 atom stereocenters. The summed E-state index contributed by atoms with van der Waals surface area (Å²) in [6.07, 6.45) is 1.91. The van der Waals surface area contributed by atoms with Crippen molar-refractivity contribution in [2.75, 3.05) is 13.1 Å². The molecule has 0 saturated carbocycles. The van der Waals surface area contributed by atoms with Gasteiger partial charge in [-0.05, 0) is 24.5 Å². The number of halogens is 1. The van der Waals surface area contributed by atoms with Gasteiger partial charge >= 0.3 is 0 Å². The van der Waals surface area contributed by atoms with Crippen LogP contribution in [0.2, 0.25) is 5.15 Å². The van der Waals surface area contributed by atoms with Crippen LogP contribution in [0.25, 0.3) is 0 Å². The topological polar surface area (TPSA) is 63.2 Å². The van der Waals surface area contributed by atoms with Crippen LogP contribution in [0.5, 0.6) is 0 Å². The highest BCUT2D eigenvalue weighted by Gasteiger charge is 2.32. The minimum atomic E-state index is -3.50. The summed E-state index contributed by atoms with van der Waals surface area (Å²) in [4.78, 5) is 0. The van der Waals surface area contributed by atoms with Crippen molar-refractivity contribution in [2.45, 2.75) is 24.8 Å². The Kier molecular flexibility index (Phi) is 3.65. The van der Waals surface area contributed by atoms with Crippen molar-refractivity contribution < 1.29 is 8.42 Å². The molecule has 0 N–H and O–H groups in total. The molecule has 1 aliphatic rings.